The highest BCUT2D eigenvalue weighted by atomic mass is 32.2. The summed E-state index contributed by atoms with van der Waals surface area (Å²) in [5.74, 6) is -0.884. The fraction of sp³-hybridized carbons (Fsp3) is 0.875. The topological polar surface area (TPSA) is 63.4 Å². The maximum Gasteiger partial charge on any atom is 0.327 e. The third kappa shape index (κ3) is 1.98. The number of aliphatic carboxylic acids is 1. The highest BCUT2D eigenvalue weighted by Crippen LogP contribution is 2.37. The summed E-state index contributed by atoms with van der Waals surface area (Å²) in [5.41, 5.74) is 0. The molecule has 5 heteroatoms. The molecule has 0 aliphatic carbocycles. The van der Waals surface area contributed by atoms with E-state index in [1.54, 1.807) is 6.92 Å². The van der Waals surface area contributed by atoms with Crippen LogP contribution in [0.3, 0.4) is 0 Å². The second kappa shape index (κ2) is 3.15. The predicted molar refractivity (Wildman–Crippen MR) is 50.6 cm³/mol. The van der Waals surface area contributed by atoms with Crippen molar-refractivity contribution >= 4 is 17.3 Å². The van der Waals surface area contributed by atoms with Crippen molar-refractivity contribution in [1.82, 2.24) is 4.31 Å². The van der Waals surface area contributed by atoms with Crippen LogP contribution < -0.4 is 0 Å². The number of hydrogen-bond acceptors (Lipinski definition) is 3. The van der Waals surface area contributed by atoms with Crippen molar-refractivity contribution in [3.8, 4) is 0 Å². The minimum Gasteiger partial charge on any atom is -0.597 e. The smallest absolute Gasteiger partial charge is 0.327 e. The van der Waals surface area contributed by atoms with Gasteiger partial charge in [0.15, 0.2) is 6.04 Å². The molecule has 1 aliphatic rings. The lowest BCUT2D eigenvalue weighted by Gasteiger charge is -2.24. The molecule has 0 aromatic carbocycles. The Morgan fingerprint density at radius 1 is 1.54 bits per heavy atom. The Balaban J connectivity index is 2.63. The molecule has 1 fully saturated rings. The van der Waals surface area contributed by atoms with Crippen LogP contribution in [-0.2, 0) is 16.2 Å². The van der Waals surface area contributed by atoms with Gasteiger partial charge in [0.05, 0.1) is 6.04 Å². The van der Waals surface area contributed by atoms with Crippen molar-refractivity contribution in [2.75, 3.05) is 0 Å². The second-order valence-electron chi connectivity index (χ2n) is 4.25. The quantitative estimate of drug-likeness (QED) is 0.530. The van der Waals surface area contributed by atoms with Gasteiger partial charge in [0, 0.05) is 11.4 Å². The van der Waals surface area contributed by atoms with Crippen LogP contribution >= 0.6 is 0 Å². The molecule has 0 saturated carbocycles. The number of hydrogen-bond donors (Lipinski definition) is 1. The molecule has 1 aliphatic heterocycles. The normalized spacial score (nSPS) is 35.6. The Hall–Kier alpha value is -0.260. The van der Waals surface area contributed by atoms with E-state index >= 15 is 0 Å². The van der Waals surface area contributed by atoms with E-state index in [0.29, 0.717) is 0 Å². The number of rotatable bonds is 2. The molecule has 1 saturated heterocycles. The maximum atomic E-state index is 11.7. The first-order valence-electron chi connectivity index (χ1n) is 4.20. The van der Waals surface area contributed by atoms with E-state index in [1.807, 2.05) is 20.8 Å². The Morgan fingerprint density at radius 2 is 2.00 bits per heavy atom. The summed E-state index contributed by atoms with van der Waals surface area (Å²) in [6.45, 7) is 7.30. The van der Waals surface area contributed by atoms with Crippen molar-refractivity contribution < 1.29 is 14.5 Å². The standard InChI is InChI=1S/C8H15NO3S/c1-5-6(7(10)11)9(5)13(12)8(2,3)4/h5-6H,1-4H3,(H,10,11)/t5-,6-,9?,13-/m1/s1. The summed E-state index contributed by atoms with van der Waals surface area (Å²) in [6.07, 6.45) is 0. The van der Waals surface area contributed by atoms with E-state index < -0.39 is 23.4 Å². The molecular formula is C8H15NO3S. The van der Waals surface area contributed by atoms with E-state index in [9.17, 15) is 9.35 Å². The third-order valence-electron chi connectivity index (χ3n) is 2.01. The molecule has 76 valence electrons. The lowest BCUT2D eigenvalue weighted by Crippen LogP contribution is -2.35. The molecular weight excluding hydrogens is 190 g/mol. The monoisotopic (exact) mass is 205 g/mol. The first-order valence-corrected chi connectivity index (χ1v) is 5.30. The lowest BCUT2D eigenvalue weighted by molar-refractivity contribution is -0.136. The van der Waals surface area contributed by atoms with Crippen LogP contribution in [0.4, 0.5) is 0 Å². The summed E-state index contributed by atoms with van der Waals surface area (Å²) >= 11 is -1.21. The average molecular weight is 205 g/mol. The Bertz CT molecular complexity index is 226. The van der Waals surface area contributed by atoms with Gasteiger partial charge < -0.3 is 9.66 Å². The summed E-state index contributed by atoms with van der Waals surface area (Å²) in [5, 5.41) is 8.73. The summed E-state index contributed by atoms with van der Waals surface area (Å²) < 4.78 is 12.9. The van der Waals surface area contributed by atoms with E-state index in [-0.39, 0.29) is 10.8 Å². The van der Waals surface area contributed by atoms with Gasteiger partial charge in [-0.25, -0.2) is 0 Å². The Morgan fingerprint density at radius 3 is 2.23 bits per heavy atom. The minimum absolute atomic E-state index is 0.0995. The highest BCUT2D eigenvalue weighted by Gasteiger charge is 2.60. The van der Waals surface area contributed by atoms with E-state index in [1.165, 1.54) is 4.31 Å². The molecule has 1 N–H and O–H groups in total. The zero-order valence-electron chi connectivity index (χ0n) is 8.27. The third-order valence-corrected chi connectivity index (χ3v) is 4.00. The van der Waals surface area contributed by atoms with Gasteiger partial charge in [-0.1, -0.05) is 0 Å². The van der Waals surface area contributed by atoms with Crippen LogP contribution in [0.1, 0.15) is 27.7 Å². The SMILES string of the molecule is C[C@@H]1[C@H](C(=O)O)N1[S@+]([O-])C(C)(C)C. The largest absolute Gasteiger partial charge is 0.597 e. The zero-order valence-corrected chi connectivity index (χ0v) is 9.09. The number of nitrogens with zero attached hydrogens (tertiary/aromatic N) is 1. The van der Waals surface area contributed by atoms with Gasteiger partial charge in [0.25, 0.3) is 0 Å². The maximum absolute atomic E-state index is 11.7. The van der Waals surface area contributed by atoms with Crippen molar-refractivity contribution in [3.63, 3.8) is 0 Å². The van der Waals surface area contributed by atoms with Gasteiger partial charge in [-0.05, 0) is 27.7 Å². The summed E-state index contributed by atoms with van der Waals surface area (Å²) in [7, 11) is 0. The molecule has 0 radical (unpaired) electrons. The van der Waals surface area contributed by atoms with Crippen LogP contribution in [0.25, 0.3) is 0 Å². The molecule has 0 spiro atoms. The molecule has 0 amide bonds. The Labute approximate surface area is 81.2 Å². The lowest BCUT2D eigenvalue weighted by atomic mass is 10.3. The van der Waals surface area contributed by atoms with Crippen LogP contribution in [0.5, 0.6) is 0 Å². The second-order valence-corrected chi connectivity index (χ2v) is 6.39. The number of carbonyl (C=O) groups is 1. The summed E-state index contributed by atoms with van der Waals surface area (Å²) in [4.78, 5) is 10.6. The van der Waals surface area contributed by atoms with Gasteiger partial charge in [-0.15, -0.1) is 4.31 Å². The van der Waals surface area contributed by atoms with Crippen LogP contribution in [0.2, 0.25) is 0 Å². The van der Waals surface area contributed by atoms with Gasteiger partial charge in [0.1, 0.15) is 4.75 Å². The van der Waals surface area contributed by atoms with Gasteiger partial charge in [-0.3, -0.25) is 4.79 Å². The summed E-state index contributed by atoms with van der Waals surface area (Å²) in [6, 6.07) is -0.655. The number of carboxylic acid groups (broad SMARTS) is 1. The zero-order chi connectivity index (χ0) is 10.4. The van der Waals surface area contributed by atoms with Crippen molar-refractivity contribution in [2.45, 2.75) is 44.5 Å². The van der Waals surface area contributed by atoms with Crippen LogP contribution in [-0.4, -0.2) is 36.8 Å². The molecule has 13 heavy (non-hydrogen) atoms. The fourth-order valence-electron chi connectivity index (χ4n) is 1.21. The molecule has 0 aromatic heterocycles. The van der Waals surface area contributed by atoms with Crippen molar-refractivity contribution in [2.24, 2.45) is 0 Å². The molecule has 0 aromatic rings. The molecule has 4 nitrogen and oxygen atoms in total. The molecule has 4 atom stereocenters. The van der Waals surface area contributed by atoms with E-state index in [2.05, 4.69) is 0 Å². The Kier molecular flexibility index (Phi) is 2.62. The van der Waals surface area contributed by atoms with Crippen molar-refractivity contribution in [3.05, 3.63) is 0 Å². The number of carboxylic acids is 1. The van der Waals surface area contributed by atoms with Gasteiger partial charge in [0.2, 0.25) is 0 Å². The fourth-order valence-corrected chi connectivity index (χ4v) is 2.68. The minimum atomic E-state index is -1.21. The van der Waals surface area contributed by atoms with E-state index in [4.69, 9.17) is 5.11 Å². The first-order chi connectivity index (χ1) is 5.76. The highest BCUT2D eigenvalue weighted by molar-refractivity contribution is 7.90. The molecule has 0 bridgehead atoms. The van der Waals surface area contributed by atoms with Gasteiger partial charge in [-0.2, -0.15) is 0 Å². The van der Waals surface area contributed by atoms with Crippen LogP contribution in [0.15, 0.2) is 0 Å². The first kappa shape index (κ1) is 10.8. The average Bonchev–Trinajstić information content (AvgIpc) is 2.57. The molecule has 1 heterocycles. The van der Waals surface area contributed by atoms with Crippen LogP contribution in [0, 0.1) is 0 Å². The van der Waals surface area contributed by atoms with E-state index in [0.717, 1.165) is 0 Å². The van der Waals surface area contributed by atoms with Gasteiger partial charge >= 0.3 is 5.97 Å². The molecule has 1 rings (SSSR count). The van der Waals surface area contributed by atoms with Crippen molar-refractivity contribution in [1.29, 1.82) is 0 Å². The molecule has 1 unspecified atom stereocenters. The predicted octanol–water partition coefficient (Wildman–Crippen LogP) is 0.606.